The largest absolute Gasteiger partial charge is 0.481 e. The third-order valence-electron chi connectivity index (χ3n) is 5.79. The SMILES string of the molecule is C[C@H]([C@H](C(=O)Nc1cc(C(CC(=O)O)C2CC2)ccc1Cl)c1ccc(Cl)cc1)C(F)(F)F. The number of alkyl halides is 3. The Bertz CT molecular complexity index is 991. The quantitative estimate of drug-likeness (QED) is 0.426. The molecule has 32 heavy (non-hydrogen) atoms. The second-order valence-corrected chi connectivity index (χ2v) is 8.97. The van der Waals surface area contributed by atoms with Crippen LogP contribution in [-0.2, 0) is 9.59 Å². The lowest BCUT2D eigenvalue weighted by Crippen LogP contribution is -2.34. The highest BCUT2D eigenvalue weighted by molar-refractivity contribution is 6.33. The number of hydrogen-bond donors (Lipinski definition) is 2. The average molecular weight is 488 g/mol. The van der Waals surface area contributed by atoms with Crippen LogP contribution in [0.4, 0.5) is 18.9 Å². The molecule has 3 rings (SSSR count). The summed E-state index contributed by atoms with van der Waals surface area (Å²) < 4.78 is 40.6. The maximum Gasteiger partial charge on any atom is 0.392 e. The standard InChI is InChI=1S/C23H22Cl2F3NO3/c1-12(23(26,27)28)21(14-4-7-16(24)8-5-14)22(32)29-19-10-15(6-9-18(19)25)17(11-20(30)31)13-2-3-13/h4-10,12-13,17,21H,2-3,11H2,1H3,(H,29,32)(H,30,31)/t12-,17?,21+/m1/s1. The number of halogens is 5. The van der Waals surface area contributed by atoms with E-state index in [-0.39, 0.29) is 34.5 Å². The zero-order valence-electron chi connectivity index (χ0n) is 17.1. The Morgan fingerprint density at radius 2 is 1.69 bits per heavy atom. The van der Waals surface area contributed by atoms with E-state index in [1.54, 1.807) is 12.1 Å². The fourth-order valence-electron chi connectivity index (χ4n) is 3.85. The van der Waals surface area contributed by atoms with Crippen molar-refractivity contribution >= 4 is 40.8 Å². The van der Waals surface area contributed by atoms with Gasteiger partial charge in [-0.15, -0.1) is 0 Å². The number of carbonyl (C=O) groups is 2. The van der Waals surface area contributed by atoms with Crippen molar-refractivity contribution in [3.8, 4) is 0 Å². The summed E-state index contributed by atoms with van der Waals surface area (Å²) in [6, 6.07) is 10.4. The fourth-order valence-corrected chi connectivity index (χ4v) is 4.14. The number of benzene rings is 2. The highest BCUT2D eigenvalue weighted by Crippen LogP contribution is 2.46. The van der Waals surface area contributed by atoms with Crippen LogP contribution in [0.3, 0.4) is 0 Å². The topological polar surface area (TPSA) is 66.4 Å². The predicted octanol–water partition coefficient (Wildman–Crippen LogP) is 6.88. The molecule has 172 valence electrons. The van der Waals surface area contributed by atoms with Gasteiger partial charge in [0.1, 0.15) is 0 Å². The zero-order chi connectivity index (χ0) is 23.6. The molecule has 1 saturated carbocycles. The first kappa shape index (κ1) is 24.4. The van der Waals surface area contributed by atoms with Gasteiger partial charge in [-0.1, -0.05) is 48.3 Å². The van der Waals surface area contributed by atoms with E-state index in [1.807, 2.05) is 0 Å². The molecule has 0 saturated heterocycles. The minimum absolute atomic E-state index is 0.0712. The third kappa shape index (κ3) is 5.95. The molecule has 1 unspecified atom stereocenters. The van der Waals surface area contributed by atoms with Gasteiger partial charge in [0.15, 0.2) is 0 Å². The molecular weight excluding hydrogens is 466 g/mol. The van der Waals surface area contributed by atoms with Gasteiger partial charge < -0.3 is 10.4 Å². The predicted molar refractivity (Wildman–Crippen MR) is 117 cm³/mol. The maximum absolute atomic E-state index is 13.5. The normalized spacial score (nSPS) is 16.8. The smallest absolute Gasteiger partial charge is 0.392 e. The molecule has 1 amide bonds. The van der Waals surface area contributed by atoms with Gasteiger partial charge in [-0.05, 0) is 60.1 Å². The summed E-state index contributed by atoms with van der Waals surface area (Å²) in [5.74, 6) is -5.31. The van der Waals surface area contributed by atoms with Gasteiger partial charge in [-0.2, -0.15) is 13.2 Å². The van der Waals surface area contributed by atoms with Crippen LogP contribution in [0.1, 0.15) is 49.1 Å². The van der Waals surface area contributed by atoms with Crippen molar-refractivity contribution < 1.29 is 27.9 Å². The molecule has 3 atom stereocenters. The number of carboxylic acids is 1. The summed E-state index contributed by atoms with van der Waals surface area (Å²) in [6.45, 7) is 0.951. The van der Waals surface area contributed by atoms with Gasteiger partial charge in [0, 0.05) is 5.02 Å². The lowest BCUT2D eigenvalue weighted by molar-refractivity contribution is -0.178. The summed E-state index contributed by atoms with van der Waals surface area (Å²) in [7, 11) is 0. The van der Waals surface area contributed by atoms with Crippen molar-refractivity contribution in [2.75, 3.05) is 5.32 Å². The summed E-state index contributed by atoms with van der Waals surface area (Å²) in [5, 5.41) is 12.3. The van der Waals surface area contributed by atoms with Gasteiger partial charge in [0.2, 0.25) is 5.91 Å². The first-order valence-corrected chi connectivity index (χ1v) is 10.9. The number of anilines is 1. The second kappa shape index (κ2) is 9.71. The van der Waals surface area contributed by atoms with Crippen LogP contribution in [0.2, 0.25) is 10.0 Å². The molecule has 1 aliphatic rings. The Hall–Kier alpha value is -2.25. The minimum atomic E-state index is -4.61. The summed E-state index contributed by atoms with van der Waals surface area (Å²) in [6.07, 6.45) is -2.86. The molecule has 0 bridgehead atoms. The average Bonchev–Trinajstić information content (AvgIpc) is 3.54. The van der Waals surface area contributed by atoms with Crippen molar-refractivity contribution in [3.63, 3.8) is 0 Å². The Morgan fingerprint density at radius 1 is 1.09 bits per heavy atom. The molecule has 2 aromatic rings. The number of hydrogen-bond acceptors (Lipinski definition) is 2. The Morgan fingerprint density at radius 3 is 2.22 bits per heavy atom. The van der Waals surface area contributed by atoms with E-state index in [0.717, 1.165) is 19.8 Å². The van der Waals surface area contributed by atoms with Crippen LogP contribution in [-0.4, -0.2) is 23.2 Å². The van der Waals surface area contributed by atoms with Gasteiger partial charge in [-0.25, -0.2) is 0 Å². The third-order valence-corrected chi connectivity index (χ3v) is 6.37. The molecule has 1 aliphatic carbocycles. The lowest BCUT2D eigenvalue weighted by Gasteiger charge is -2.26. The number of carbonyl (C=O) groups excluding carboxylic acids is 1. The van der Waals surface area contributed by atoms with Crippen LogP contribution in [0.15, 0.2) is 42.5 Å². The van der Waals surface area contributed by atoms with E-state index >= 15 is 0 Å². The molecule has 0 heterocycles. The number of rotatable bonds is 8. The molecule has 9 heteroatoms. The molecule has 0 aliphatic heterocycles. The number of aliphatic carboxylic acids is 1. The number of nitrogens with one attached hydrogen (secondary N) is 1. The van der Waals surface area contributed by atoms with Crippen molar-refractivity contribution in [2.45, 2.75) is 44.2 Å². The Balaban J connectivity index is 1.91. The van der Waals surface area contributed by atoms with Gasteiger partial charge >= 0.3 is 12.1 Å². The van der Waals surface area contributed by atoms with Crippen molar-refractivity contribution in [2.24, 2.45) is 11.8 Å². The Labute approximate surface area is 193 Å². The second-order valence-electron chi connectivity index (χ2n) is 8.13. The fraction of sp³-hybridized carbons (Fsp3) is 0.391. The van der Waals surface area contributed by atoms with Crippen LogP contribution in [0, 0.1) is 11.8 Å². The zero-order valence-corrected chi connectivity index (χ0v) is 18.6. The summed E-state index contributed by atoms with van der Waals surface area (Å²) >= 11 is 12.1. The molecule has 2 N–H and O–H groups in total. The van der Waals surface area contributed by atoms with E-state index in [9.17, 15) is 27.9 Å². The van der Waals surface area contributed by atoms with Gasteiger partial charge in [0.25, 0.3) is 0 Å². The summed E-state index contributed by atoms with van der Waals surface area (Å²) in [4.78, 5) is 24.3. The van der Waals surface area contributed by atoms with E-state index in [4.69, 9.17) is 23.2 Å². The molecular formula is C23H22Cl2F3NO3. The van der Waals surface area contributed by atoms with Crippen LogP contribution >= 0.6 is 23.2 Å². The molecule has 2 aromatic carbocycles. The highest BCUT2D eigenvalue weighted by Gasteiger charge is 2.45. The van der Waals surface area contributed by atoms with E-state index in [2.05, 4.69) is 5.32 Å². The highest BCUT2D eigenvalue weighted by atomic mass is 35.5. The number of amides is 1. The minimum Gasteiger partial charge on any atom is -0.481 e. The lowest BCUT2D eigenvalue weighted by atomic mass is 9.85. The molecule has 1 fully saturated rings. The van der Waals surface area contributed by atoms with Crippen LogP contribution < -0.4 is 5.32 Å². The first-order chi connectivity index (χ1) is 15.0. The number of carboxylic acid groups (broad SMARTS) is 1. The van der Waals surface area contributed by atoms with Crippen molar-refractivity contribution in [3.05, 3.63) is 63.6 Å². The van der Waals surface area contributed by atoms with Gasteiger partial charge in [0.05, 0.1) is 29.0 Å². The molecule has 0 spiro atoms. The van der Waals surface area contributed by atoms with Crippen LogP contribution in [0.25, 0.3) is 0 Å². The summed E-state index contributed by atoms with van der Waals surface area (Å²) in [5.41, 5.74) is 1.01. The Kier molecular flexibility index (Phi) is 7.40. The van der Waals surface area contributed by atoms with E-state index in [1.165, 1.54) is 30.3 Å². The molecule has 0 aromatic heterocycles. The maximum atomic E-state index is 13.5. The monoisotopic (exact) mass is 487 g/mol. The van der Waals surface area contributed by atoms with Gasteiger partial charge in [-0.3, -0.25) is 9.59 Å². The van der Waals surface area contributed by atoms with E-state index in [0.29, 0.717) is 10.6 Å². The van der Waals surface area contributed by atoms with Crippen molar-refractivity contribution in [1.29, 1.82) is 0 Å². The van der Waals surface area contributed by atoms with Crippen LogP contribution in [0.5, 0.6) is 0 Å². The van der Waals surface area contributed by atoms with E-state index < -0.39 is 29.9 Å². The molecule has 4 nitrogen and oxygen atoms in total. The molecule has 0 radical (unpaired) electrons. The van der Waals surface area contributed by atoms with Crippen molar-refractivity contribution in [1.82, 2.24) is 0 Å². The first-order valence-electron chi connectivity index (χ1n) is 10.1.